The highest BCUT2D eigenvalue weighted by Gasteiger charge is 2.40. The van der Waals surface area contributed by atoms with Gasteiger partial charge in [-0.3, -0.25) is 0 Å². The fourth-order valence-electron chi connectivity index (χ4n) is 2.51. The number of hydrogen-bond donors (Lipinski definition) is 1. The highest BCUT2D eigenvalue weighted by atomic mass is 16.5. The average Bonchev–Trinajstić information content (AvgIpc) is 2.83. The van der Waals surface area contributed by atoms with Crippen molar-refractivity contribution in [2.45, 2.75) is 24.9 Å². The van der Waals surface area contributed by atoms with Gasteiger partial charge in [0.25, 0.3) is 0 Å². The second-order valence-electron chi connectivity index (χ2n) is 4.36. The summed E-state index contributed by atoms with van der Waals surface area (Å²) in [5.74, 6) is 0.777. The van der Waals surface area contributed by atoms with Crippen LogP contribution in [-0.4, -0.2) is 17.3 Å². The molecule has 0 radical (unpaired) electrons. The molecular formula is C13H14O2. The molecule has 0 fully saturated rings. The van der Waals surface area contributed by atoms with Gasteiger partial charge in [0, 0.05) is 19.3 Å². The molecule has 1 heterocycles. The summed E-state index contributed by atoms with van der Waals surface area (Å²) in [5, 5.41) is 10.5. The van der Waals surface area contributed by atoms with Crippen molar-refractivity contribution < 1.29 is 9.84 Å². The van der Waals surface area contributed by atoms with Gasteiger partial charge in [-0.05, 0) is 17.2 Å². The monoisotopic (exact) mass is 202 g/mol. The van der Waals surface area contributed by atoms with E-state index in [-0.39, 0.29) is 0 Å². The Morgan fingerprint density at radius 2 is 1.80 bits per heavy atom. The normalized spacial score (nSPS) is 22.1. The van der Waals surface area contributed by atoms with Crippen LogP contribution in [0.25, 0.3) is 0 Å². The summed E-state index contributed by atoms with van der Waals surface area (Å²) in [5.41, 5.74) is 1.72. The van der Waals surface area contributed by atoms with Gasteiger partial charge in [-0.1, -0.05) is 24.3 Å². The Labute approximate surface area is 89.2 Å². The van der Waals surface area contributed by atoms with Crippen LogP contribution in [0.3, 0.4) is 0 Å². The van der Waals surface area contributed by atoms with Crippen molar-refractivity contribution in [3.05, 3.63) is 47.2 Å². The third-order valence-corrected chi connectivity index (χ3v) is 3.25. The molecule has 0 spiro atoms. The van der Waals surface area contributed by atoms with Crippen LogP contribution in [0.2, 0.25) is 0 Å². The molecule has 0 saturated carbocycles. The fraction of sp³-hybridized carbons (Fsp3) is 0.385. The van der Waals surface area contributed by atoms with Crippen LogP contribution in [0.4, 0.5) is 0 Å². The molecule has 1 N–H and O–H groups in total. The molecular weight excluding hydrogens is 188 g/mol. The van der Waals surface area contributed by atoms with Gasteiger partial charge < -0.3 is 9.84 Å². The van der Waals surface area contributed by atoms with E-state index in [9.17, 15) is 5.11 Å². The van der Waals surface area contributed by atoms with Gasteiger partial charge in [0.05, 0.1) is 6.61 Å². The number of aliphatic hydroxyl groups is 1. The van der Waals surface area contributed by atoms with Crippen LogP contribution in [0.5, 0.6) is 0 Å². The number of benzene rings is 1. The number of ether oxygens (including phenoxy) is 1. The maximum absolute atomic E-state index is 10.5. The quantitative estimate of drug-likeness (QED) is 0.752. The van der Waals surface area contributed by atoms with Gasteiger partial charge in [0.1, 0.15) is 11.4 Å². The molecule has 15 heavy (non-hydrogen) atoms. The van der Waals surface area contributed by atoms with E-state index < -0.39 is 5.60 Å². The van der Waals surface area contributed by atoms with Crippen LogP contribution in [0.15, 0.2) is 36.1 Å². The predicted molar refractivity (Wildman–Crippen MR) is 57.5 cm³/mol. The molecule has 78 valence electrons. The topological polar surface area (TPSA) is 29.5 Å². The van der Waals surface area contributed by atoms with E-state index in [1.807, 2.05) is 18.2 Å². The van der Waals surface area contributed by atoms with Crippen molar-refractivity contribution in [1.29, 1.82) is 0 Å². The van der Waals surface area contributed by atoms with E-state index in [0.717, 1.165) is 12.2 Å². The summed E-state index contributed by atoms with van der Waals surface area (Å²) in [6.45, 7) is 0.716. The van der Waals surface area contributed by atoms with E-state index >= 15 is 0 Å². The molecule has 1 aliphatic heterocycles. The lowest BCUT2D eigenvalue weighted by atomic mass is 9.98. The van der Waals surface area contributed by atoms with Crippen LogP contribution in [0, 0.1) is 0 Å². The number of fused-ring (bicyclic) bond motifs is 1. The van der Waals surface area contributed by atoms with Crippen LogP contribution < -0.4 is 0 Å². The molecule has 2 nitrogen and oxygen atoms in total. The molecule has 1 aliphatic carbocycles. The summed E-state index contributed by atoms with van der Waals surface area (Å²) in [4.78, 5) is 0. The molecule has 2 aliphatic rings. The van der Waals surface area contributed by atoms with Crippen molar-refractivity contribution in [2.75, 3.05) is 6.61 Å². The van der Waals surface area contributed by atoms with Crippen LogP contribution in [-0.2, 0) is 17.6 Å². The minimum Gasteiger partial charge on any atom is -0.495 e. The van der Waals surface area contributed by atoms with E-state index in [1.54, 1.807) is 0 Å². The van der Waals surface area contributed by atoms with Crippen molar-refractivity contribution in [1.82, 2.24) is 0 Å². The minimum atomic E-state index is -0.778. The van der Waals surface area contributed by atoms with E-state index in [2.05, 4.69) is 12.1 Å². The summed E-state index contributed by atoms with van der Waals surface area (Å²) in [6.07, 6.45) is 4.32. The first kappa shape index (κ1) is 8.98. The Kier molecular flexibility index (Phi) is 1.86. The standard InChI is InChI=1S/C13H14O2/c14-13(12-6-3-7-15-12)8-10-4-1-2-5-11(10)9-13/h1-2,4-6,14H,3,7-9H2. The Morgan fingerprint density at radius 1 is 1.13 bits per heavy atom. The zero-order chi connectivity index (χ0) is 10.3. The van der Waals surface area contributed by atoms with Gasteiger partial charge in [0.2, 0.25) is 0 Å². The van der Waals surface area contributed by atoms with E-state index in [0.29, 0.717) is 19.4 Å². The maximum atomic E-state index is 10.5. The summed E-state index contributed by atoms with van der Waals surface area (Å²) < 4.78 is 5.48. The smallest absolute Gasteiger partial charge is 0.129 e. The fourth-order valence-corrected chi connectivity index (χ4v) is 2.51. The zero-order valence-electron chi connectivity index (χ0n) is 8.57. The third-order valence-electron chi connectivity index (χ3n) is 3.25. The van der Waals surface area contributed by atoms with E-state index in [4.69, 9.17) is 4.74 Å². The molecule has 0 bridgehead atoms. The van der Waals surface area contributed by atoms with Crippen molar-refractivity contribution in [3.63, 3.8) is 0 Å². The van der Waals surface area contributed by atoms with Gasteiger partial charge in [-0.25, -0.2) is 0 Å². The molecule has 0 unspecified atom stereocenters. The summed E-state index contributed by atoms with van der Waals surface area (Å²) >= 11 is 0. The average molecular weight is 202 g/mol. The first-order chi connectivity index (χ1) is 7.28. The molecule has 0 aromatic heterocycles. The number of hydrogen-bond acceptors (Lipinski definition) is 2. The second-order valence-corrected chi connectivity index (χ2v) is 4.36. The predicted octanol–water partition coefficient (Wildman–Crippen LogP) is 1.82. The summed E-state index contributed by atoms with van der Waals surface area (Å²) in [7, 11) is 0. The molecule has 2 heteroatoms. The lowest BCUT2D eigenvalue weighted by Crippen LogP contribution is -2.32. The summed E-state index contributed by atoms with van der Waals surface area (Å²) in [6, 6.07) is 8.22. The van der Waals surface area contributed by atoms with Gasteiger partial charge in [-0.2, -0.15) is 0 Å². The van der Waals surface area contributed by atoms with Gasteiger partial charge >= 0.3 is 0 Å². The largest absolute Gasteiger partial charge is 0.495 e. The van der Waals surface area contributed by atoms with E-state index in [1.165, 1.54) is 11.1 Å². The van der Waals surface area contributed by atoms with Crippen LogP contribution >= 0.6 is 0 Å². The van der Waals surface area contributed by atoms with Crippen molar-refractivity contribution in [2.24, 2.45) is 0 Å². The number of rotatable bonds is 1. The van der Waals surface area contributed by atoms with Crippen molar-refractivity contribution >= 4 is 0 Å². The SMILES string of the molecule is OC1(C2=CCCO2)Cc2ccccc2C1. The van der Waals surface area contributed by atoms with Gasteiger partial charge in [0.15, 0.2) is 0 Å². The molecule has 0 amide bonds. The van der Waals surface area contributed by atoms with Crippen molar-refractivity contribution in [3.8, 4) is 0 Å². The lowest BCUT2D eigenvalue weighted by Gasteiger charge is -2.23. The first-order valence-electron chi connectivity index (χ1n) is 5.40. The minimum absolute atomic E-state index is 0.689. The Bertz CT molecular complexity index is 395. The molecule has 0 saturated heterocycles. The molecule has 0 atom stereocenters. The van der Waals surface area contributed by atoms with Gasteiger partial charge in [-0.15, -0.1) is 0 Å². The Balaban J connectivity index is 1.94. The first-order valence-corrected chi connectivity index (χ1v) is 5.40. The zero-order valence-corrected chi connectivity index (χ0v) is 8.57. The Hall–Kier alpha value is -1.28. The molecule has 1 aromatic carbocycles. The maximum Gasteiger partial charge on any atom is 0.129 e. The Morgan fingerprint density at radius 3 is 2.33 bits per heavy atom. The third kappa shape index (κ3) is 1.37. The van der Waals surface area contributed by atoms with Crippen LogP contribution in [0.1, 0.15) is 17.5 Å². The lowest BCUT2D eigenvalue weighted by molar-refractivity contribution is 0.0279. The second kappa shape index (κ2) is 3.11. The molecule has 3 rings (SSSR count). The highest BCUT2D eigenvalue weighted by molar-refractivity contribution is 5.39. The molecule has 1 aromatic rings. The highest BCUT2D eigenvalue weighted by Crippen LogP contribution is 2.37.